The second kappa shape index (κ2) is 7.01. The highest BCUT2D eigenvalue weighted by molar-refractivity contribution is 9.10. The van der Waals surface area contributed by atoms with Crippen molar-refractivity contribution in [1.82, 2.24) is 9.36 Å². The number of benzene rings is 1. The van der Waals surface area contributed by atoms with Crippen LogP contribution in [0, 0.1) is 0 Å². The van der Waals surface area contributed by atoms with Crippen LogP contribution in [-0.4, -0.2) is 21.9 Å². The summed E-state index contributed by atoms with van der Waals surface area (Å²) in [5.41, 5.74) is 0.686. The largest absolute Gasteiger partial charge is 0.357 e. The minimum absolute atomic E-state index is 0.260. The van der Waals surface area contributed by atoms with E-state index in [9.17, 15) is 4.79 Å². The van der Waals surface area contributed by atoms with E-state index in [0.29, 0.717) is 17.4 Å². The molecule has 0 aliphatic carbocycles. The average molecular weight is 354 g/mol. The van der Waals surface area contributed by atoms with E-state index in [1.165, 1.54) is 11.5 Å². The minimum Gasteiger partial charge on any atom is -0.357 e. The van der Waals surface area contributed by atoms with Crippen LogP contribution < -0.4 is 16.0 Å². The molecule has 104 valence electrons. The van der Waals surface area contributed by atoms with Crippen molar-refractivity contribution >= 4 is 50.3 Å². The lowest BCUT2D eigenvalue weighted by Gasteiger charge is -2.04. The van der Waals surface area contributed by atoms with E-state index in [4.69, 9.17) is 0 Å². The van der Waals surface area contributed by atoms with Gasteiger partial charge in [-0.05, 0) is 24.3 Å². The molecular weight excluding hydrogens is 342 g/mol. The van der Waals surface area contributed by atoms with Gasteiger partial charge < -0.3 is 10.6 Å². The zero-order valence-corrected chi connectivity index (χ0v) is 12.8. The molecule has 0 fully saturated rings. The molecule has 0 bridgehead atoms. The van der Waals surface area contributed by atoms with Gasteiger partial charge in [-0.15, -0.1) is 6.58 Å². The third kappa shape index (κ3) is 4.32. The molecule has 1 aromatic carbocycles. The Balaban J connectivity index is 1.89. The molecule has 0 atom stereocenters. The number of hydrogen-bond acceptors (Lipinski definition) is 5. The van der Waals surface area contributed by atoms with Crippen LogP contribution in [0.1, 0.15) is 0 Å². The van der Waals surface area contributed by atoms with Crippen LogP contribution in [0.4, 0.5) is 21.6 Å². The van der Waals surface area contributed by atoms with Gasteiger partial charge in [-0.2, -0.15) is 9.36 Å². The number of amides is 2. The van der Waals surface area contributed by atoms with Gasteiger partial charge in [-0.3, -0.25) is 5.32 Å². The van der Waals surface area contributed by atoms with E-state index in [2.05, 4.69) is 47.8 Å². The van der Waals surface area contributed by atoms with E-state index in [1.54, 1.807) is 18.2 Å². The fourth-order valence-electron chi connectivity index (χ4n) is 1.30. The average Bonchev–Trinajstić information content (AvgIpc) is 2.86. The number of rotatable bonds is 5. The molecular formula is C12H12BrN5OS. The SMILES string of the molecule is C=CCNc1nc(NC(=O)Nc2ccc(Br)cc2)ns1. The molecule has 3 N–H and O–H groups in total. The maximum atomic E-state index is 11.7. The highest BCUT2D eigenvalue weighted by atomic mass is 79.9. The molecule has 20 heavy (non-hydrogen) atoms. The van der Waals surface area contributed by atoms with Gasteiger partial charge in [0, 0.05) is 28.2 Å². The molecule has 0 aliphatic rings. The second-order valence-corrected chi connectivity index (χ2v) is 5.35. The maximum absolute atomic E-state index is 11.7. The van der Waals surface area contributed by atoms with Crippen molar-refractivity contribution in [2.75, 3.05) is 22.5 Å². The first-order valence-electron chi connectivity index (χ1n) is 5.69. The summed E-state index contributed by atoms with van der Waals surface area (Å²) >= 11 is 4.50. The summed E-state index contributed by atoms with van der Waals surface area (Å²) in [5.74, 6) is 0.260. The summed E-state index contributed by atoms with van der Waals surface area (Å²) in [7, 11) is 0. The van der Waals surface area contributed by atoms with Crippen molar-refractivity contribution in [3.8, 4) is 0 Å². The van der Waals surface area contributed by atoms with Crippen molar-refractivity contribution < 1.29 is 4.79 Å². The Kier molecular flexibility index (Phi) is 5.08. The zero-order valence-electron chi connectivity index (χ0n) is 10.4. The molecule has 0 aliphatic heterocycles. The van der Waals surface area contributed by atoms with Gasteiger partial charge in [-0.1, -0.05) is 22.0 Å². The number of urea groups is 1. The van der Waals surface area contributed by atoms with E-state index in [-0.39, 0.29) is 12.0 Å². The molecule has 2 rings (SSSR count). The number of carbonyl (C=O) groups is 1. The van der Waals surface area contributed by atoms with Gasteiger partial charge in [0.15, 0.2) is 0 Å². The highest BCUT2D eigenvalue weighted by Gasteiger charge is 2.07. The Morgan fingerprint density at radius 2 is 2.10 bits per heavy atom. The number of carbonyl (C=O) groups excluding carboxylic acids is 1. The molecule has 0 radical (unpaired) electrons. The van der Waals surface area contributed by atoms with Crippen molar-refractivity contribution in [3.63, 3.8) is 0 Å². The molecule has 1 heterocycles. The lowest BCUT2D eigenvalue weighted by Crippen LogP contribution is -2.20. The van der Waals surface area contributed by atoms with Crippen LogP contribution in [0.15, 0.2) is 41.4 Å². The van der Waals surface area contributed by atoms with Gasteiger partial charge >= 0.3 is 6.03 Å². The Morgan fingerprint density at radius 1 is 1.35 bits per heavy atom. The number of hydrogen-bond donors (Lipinski definition) is 3. The van der Waals surface area contributed by atoms with Crippen LogP contribution in [0.2, 0.25) is 0 Å². The second-order valence-electron chi connectivity index (χ2n) is 3.68. The lowest BCUT2D eigenvalue weighted by molar-refractivity contribution is 0.262. The van der Waals surface area contributed by atoms with Gasteiger partial charge in [0.2, 0.25) is 11.1 Å². The molecule has 1 aromatic heterocycles. The highest BCUT2D eigenvalue weighted by Crippen LogP contribution is 2.16. The zero-order chi connectivity index (χ0) is 14.4. The van der Waals surface area contributed by atoms with E-state index in [1.807, 2.05) is 12.1 Å². The number of anilines is 3. The van der Waals surface area contributed by atoms with E-state index < -0.39 is 0 Å². The minimum atomic E-state index is -0.389. The van der Waals surface area contributed by atoms with Gasteiger partial charge in [0.05, 0.1) is 0 Å². The van der Waals surface area contributed by atoms with Crippen molar-refractivity contribution in [1.29, 1.82) is 0 Å². The van der Waals surface area contributed by atoms with Crippen LogP contribution in [-0.2, 0) is 0 Å². The Bertz CT molecular complexity index is 598. The molecule has 2 aromatic rings. The van der Waals surface area contributed by atoms with Crippen LogP contribution >= 0.6 is 27.5 Å². The molecule has 0 spiro atoms. The molecule has 0 saturated heterocycles. The number of nitrogens with one attached hydrogen (secondary N) is 3. The predicted molar refractivity (Wildman–Crippen MR) is 85.4 cm³/mol. The topological polar surface area (TPSA) is 78.9 Å². The molecule has 2 amide bonds. The summed E-state index contributed by atoms with van der Waals surface area (Å²) in [4.78, 5) is 15.9. The molecule has 0 saturated carbocycles. The third-order valence-corrected chi connectivity index (χ3v) is 3.35. The van der Waals surface area contributed by atoms with Crippen LogP contribution in [0.5, 0.6) is 0 Å². The lowest BCUT2D eigenvalue weighted by atomic mass is 10.3. The first-order chi connectivity index (χ1) is 9.67. The molecule has 0 unspecified atom stereocenters. The van der Waals surface area contributed by atoms with Crippen molar-refractivity contribution in [2.24, 2.45) is 0 Å². The maximum Gasteiger partial charge on any atom is 0.326 e. The number of nitrogens with zero attached hydrogens (tertiary/aromatic N) is 2. The monoisotopic (exact) mass is 353 g/mol. The fourth-order valence-corrected chi connectivity index (χ4v) is 2.10. The Morgan fingerprint density at radius 3 is 2.80 bits per heavy atom. The van der Waals surface area contributed by atoms with Crippen LogP contribution in [0.25, 0.3) is 0 Å². The quantitative estimate of drug-likeness (QED) is 0.718. The number of halogens is 1. The van der Waals surface area contributed by atoms with E-state index in [0.717, 1.165) is 4.47 Å². The molecule has 8 heteroatoms. The van der Waals surface area contributed by atoms with Gasteiger partial charge in [0.25, 0.3) is 0 Å². The smallest absolute Gasteiger partial charge is 0.326 e. The summed E-state index contributed by atoms with van der Waals surface area (Å²) in [5, 5.41) is 8.87. The molecule has 6 nitrogen and oxygen atoms in total. The van der Waals surface area contributed by atoms with Crippen LogP contribution in [0.3, 0.4) is 0 Å². The summed E-state index contributed by atoms with van der Waals surface area (Å²) in [6.07, 6.45) is 1.72. The summed E-state index contributed by atoms with van der Waals surface area (Å²) < 4.78 is 4.97. The first kappa shape index (κ1) is 14.5. The number of aromatic nitrogens is 2. The summed E-state index contributed by atoms with van der Waals surface area (Å²) in [6.45, 7) is 4.19. The van der Waals surface area contributed by atoms with E-state index >= 15 is 0 Å². The van der Waals surface area contributed by atoms with Crippen molar-refractivity contribution in [3.05, 3.63) is 41.4 Å². The third-order valence-electron chi connectivity index (χ3n) is 2.15. The Hall–Kier alpha value is -1.93. The first-order valence-corrected chi connectivity index (χ1v) is 7.26. The summed E-state index contributed by atoms with van der Waals surface area (Å²) in [6, 6.07) is 6.87. The van der Waals surface area contributed by atoms with Gasteiger partial charge in [-0.25, -0.2) is 4.79 Å². The normalized spacial score (nSPS) is 9.85. The van der Waals surface area contributed by atoms with Gasteiger partial charge in [0.1, 0.15) is 0 Å². The Labute approximate surface area is 128 Å². The standard InChI is InChI=1S/C12H12BrN5OS/c1-2-7-14-12-17-10(18-20-12)16-11(19)15-9-5-3-8(13)4-6-9/h2-6H,1,7H2,(H3,14,15,16,17,18,19). The fraction of sp³-hybridized carbons (Fsp3) is 0.0833. The predicted octanol–water partition coefficient (Wildman–Crippen LogP) is 3.54. The van der Waals surface area contributed by atoms with Crippen molar-refractivity contribution in [2.45, 2.75) is 0 Å².